The average Bonchev–Trinajstić information content (AvgIpc) is 4.01. The first-order valence-electron chi connectivity index (χ1n) is 22.4. The highest BCUT2D eigenvalue weighted by atomic mass is 32.2. The van der Waals surface area contributed by atoms with Crippen LogP contribution in [0.2, 0.25) is 0 Å². The van der Waals surface area contributed by atoms with Gasteiger partial charge in [-0.1, -0.05) is 0 Å². The fourth-order valence-electron chi connectivity index (χ4n) is 11.0. The number of urea groups is 1. The number of hydrogen-bond donors (Lipinski definition) is 2. The first-order chi connectivity index (χ1) is 31.9. The van der Waals surface area contributed by atoms with E-state index in [1.807, 2.05) is 6.07 Å². The largest absolute Gasteiger partial charge is 0.453 e. The van der Waals surface area contributed by atoms with Crippen LogP contribution in [-0.2, 0) is 21.3 Å². The molecule has 5 aliphatic heterocycles. The lowest BCUT2D eigenvalue weighted by atomic mass is 9.59. The number of anilines is 3. The van der Waals surface area contributed by atoms with Gasteiger partial charge in [-0.15, -0.1) is 0 Å². The first-order valence-corrected chi connectivity index (χ1v) is 23.2. The van der Waals surface area contributed by atoms with E-state index in [0.717, 1.165) is 71.4 Å². The summed E-state index contributed by atoms with van der Waals surface area (Å²) in [6.07, 6.45) is 7.25. The molecule has 1 aliphatic carbocycles. The molecule has 2 N–H and O–H groups in total. The Bertz CT molecular complexity index is 2880. The summed E-state index contributed by atoms with van der Waals surface area (Å²) in [6.45, 7) is 5.43. The number of nitrogens with zero attached hydrogens (tertiary/aromatic N) is 9. The topological polar surface area (TPSA) is 175 Å². The number of fused-ring (bicyclic) bond motifs is 2. The van der Waals surface area contributed by atoms with Crippen molar-refractivity contribution in [1.82, 2.24) is 33.9 Å². The van der Waals surface area contributed by atoms with Gasteiger partial charge >= 0.3 is 6.03 Å². The number of aromatic nitrogens is 4. The highest BCUT2D eigenvalue weighted by Gasteiger charge is 2.55. The molecule has 3 aromatic carbocycles. The predicted molar refractivity (Wildman–Crippen MR) is 242 cm³/mol. The van der Waals surface area contributed by atoms with Crippen molar-refractivity contribution in [1.29, 1.82) is 5.26 Å². The SMILES string of the molecule is COC1CCN(SNc2ccc(F)c(Oc3ccc4ncn(C5COC6(CCN(C7CC8(C7)CN(c7cc9c(cc7F)c(N7CCC(=O)NC7=O)nn9C)C8)CC6)C5)c(=O)c4c3)c2C#N)C1. The summed E-state index contributed by atoms with van der Waals surface area (Å²) >= 11 is 1.33. The smallest absolute Gasteiger partial charge is 0.329 e. The molecule has 3 amide bonds. The standard InChI is InChI=1S/C46H49F2N11O6S/c1-54-38-17-39(35(48)16-32(38)42(52-54)58-12-8-40(60)51-44(58)62)56-24-45(25-56)18-27(19-45)55-13-9-46(10-14-55)20-28(23-64-46)59-26-50-36-5-3-29(15-31(36)43(59)61)65-41-33(21-49)37(6-4-34(41)47)53-66-57-11-7-30(22-57)63-2/h3-6,15-17,26-28,30,53H,7-14,18-20,22-25H2,1-2H3,(H,51,60,62). The molecule has 5 aromatic rings. The molecule has 0 bridgehead atoms. The van der Waals surface area contributed by atoms with Crippen molar-refractivity contribution in [2.45, 2.75) is 68.7 Å². The Hall–Kier alpha value is -5.85. The van der Waals surface area contributed by atoms with Crippen LogP contribution in [0.4, 0.5) is 30.8 Å². The highest BCUT2D eigenvalue weighted by molar-refractivity contribution is 7.98. The zero-order chi connectivity index (χ0) is 45.5. The van der Waals surface area contributed by atoms with Crippen molar-refractivity contribution in [2.24, 2.45) is 12.5 Å². The molecule has 2 unspecified atom stereocenters. The van der Waals surface area contributed by atoms with Crippen molar-refractivity contribution >= 4 is 63.1 Å². The maximum absolute atomic E-state index is 15.7. The van der Waals surface area contributed by atoms with E-state index in [1.165, 1.54) is 35.2 Å². The Balaban J connectivity index is 0.700. The van der Waals surface area contributed by atoms with Gasteiger partial charge in [0.2, 0.25) is 5.91 Å². The van der Waals surface area contributed by atoms with E-state index in [4.69, 9.17) is 14.2 Å². The second-order valence-corrected chi connectivity index (χ2v) is 19.6. The van der Waals surface area contributed by atoms with Crippen molar-refractivity contribution < 1.29 is 32.6 Å². The van der Waals surface area contributed by atoms with E-state index >= 15 is 8.78 Å². The van der Waals surface area contributed by atoms with Crippen molar-refractivity contribution in [3.05, 3.63) is 76.3 Å². The minimum atomic E-state index is -0.700. The number of amides is 3. The minimum absolute atomic E-state index is 0.0101. The lowest BCUT2D eigenvalue weighted by Gasteiger charge is -2.62. The van der Waals surface area contributed by atoms with Gasteiger partial charge < -0.3 is 28.7 Å². The molecule has 5 saturated heterocycles. The van der Waals surface area contributed by atoms with E-state index in [0.29, 0.717) is 58.1 Å². The number of likely N-dealkylation sites (tertiary alicyclic amines) is 1. The van der Waals surface area contributed by atoms with Crippen LogP contribution < -0.4 is 30.1 Å². The third kappa shape index (κ3) is 7.50. The lowest BCUT2D eigenvalue weighted by Crippen LogP contribution is -2.67. The molecule has 20 heteroatoms. The van der Waals surface area contributed by atoms with Crippen LogP contribution in [0.5, 0.6) is 11.5 Å². The zero-order valence-corrected chi connectivity index (χ0v) is 37.4. The van der Waals surface area contributed by atoms with Gasteiger partial charge in [0, 0.05) is 95.4 Å². The van der Waals surface area contributed by atoms with E-state index in [2.05, 4.69) is 40.3 Å². The number of carbonyl (C=O) groups is 2. The average molecular weight is 922 g/mol. The third-order valence-corrected chi connectivity index (χ3v) is 15.6. The number of hydrogen-bond acceptors (Lipinski definition) is 14. The Morgan fingerprint density at radius 2 is 1.80 bits per heavy atom. The molecule has 17 nitrogen and oxygen atoms in total. The van der Waals surface area contributed by atoms with E-state index < -0.39 is 11.8 Å². The van der Waals surface area contributed by atoms with Crippen molar-refractivity contribution in [3.63, 3.8) is 0 Å². The first kappa shape index (κ1) is 42.8. The van der Waals surface area contributed by atoms with Gasteiger partial charge in [0.05, 0.1) is 58.5 Å². The molecule has 2 atom stereocenters. The number of aryl methyl sites for hydroxylation is 1. The molecule has 11 rings (SSSR count). The maximum atomic E-state index is 15.7. The Morgan fingerprint density at radius 1 is 0.985 bits per heavy atom. The molecule has 66 heavy (non-hydrogen) atoms. The number of carbonyl (C=O) groups excluding carboxylic acids is 2. The molecule has 344 valence electrons. The Kier molecular flexibility index (Phi) is 10.7. The maximum Gasteiger partial charge on any atom is 0.329 e. The van der Waals surface area contributed by atoms with Gasteiger partial charge in [0.15, 0.2) is 17.4 Å². The highest BCUT2D eigenvalue weighted by Crippen LogP contribution is 2.53. The Labute approximate surface area is 382 Å². The number of rotatable bonds is 10. The summed E-state index contributed by atoms with van der Waals surface area (Å²) in [5.74, 6) is -1.09. The van der Waals surface area contributed by atoms with E-state index in [9.17, 15) is 19.6 Å². The quantitative estimate of drug-likeness (QED) is 0.160. The molecule has 2 aromatic heterocycles. The van der Waals surface area contributed by atoms with Gasteiger partial charge in [-0.2, -0.15) is 10.4 Å². The van der Waals surface area contributed by atoms with E-state index in [-0.39, 0.29) is 70.5 Å². The van der Waals surface area contributed by atoms with Crippen LogP contribution >= 0.6 is 12.1 Å². The molecule has 2 spiro atoms. The number of benzene rings is 3. The van der Waals surface area contributed by atoms with Crippen LogP contribution in [-0.4, -0.2) is 118 Å². The summed E-state index contributed by atoms with van der Waals surface area (Å²) in [6, 6.07) is 12.6. The number of ether oxygens (including phenoxy) is 3. The van der Waals surface area contributed by atoms with Crippen molar-refractivity contribution in [3.8, 4) is 17.6 Å². The molecular weight excluding hydrogens is 873 g/mol. The van der Waals surface area contributed by atoms with Gasteiger partial charge in [0.25, 0.3) is 5.56 Å². The fourth-order valence-corrected chi connectivity index (χ4v) is 11.8. The number of piperidine rings is 1. The minimum Gasteiger partial charge on any atom is -0.453 e. The summed E-state index contributed by atoms with van der Waals surface area (Å²) in [5, 5.41) is 17.8. The Morgan fingerprint density at radius 3 is 2.56 bits per heavy atom. The van der Waals surface area contributed by atoms with Crippen LogP contribution in [0, 0.1) is 28.4 Å². The second-order valence-electron chi connectivity index (χ2n) is 18.7. The number of imide groups is 1. The number of halogens is 2. The summed E-state index contributed by atoms with van der Waals surface area (Å²) in [5.41, 5.74) is 1.70. The van der Waals surface area contributed by atoms with Gasteiger partial charge in [0.1, 0.15) is 23.2 Å². The summed E-state index contributed by atoms with van der Waals surface area (Å²) in [4.78, 5) is 48.9. The molecule has 6 aliphatic rings. The predicted octanol–water partition coefficient (Wildman–Crippen LogP) is 5.83. The molecule has 6 fully saturated rings. The van der Waals surface area contributed by atoms with E-state index in [1.54, 1.807) is 47.9 Å². The monoisotopic (exact) mass is 921 g/mol. The molecular formula is C46H49F2N11O6S. The van der Waals surface area contributed by atoms with Crippen LogP contribution in [0.1, 0.15) is 56.6 Å². The third-order valence-electron chi connectivity index (χ3n) is 14.7. The fraction of sp³-hybridized carbons (Fsp3) is 0.478. The van der Waals surface area contributed by atoms with Crippen LogP contribution in [0.3, 0.4) is 0 Å². The summed E-state index contributed by atoms with van der Waals surface area (Å²) < 4.78 is 57.5. The zero-order valence-electron chi connectivity index (χ0n) is 36.6. The number of nitriles is 1. The molecule has 1 saturated carbocycles. The van der Waals surface area contributed by atoms with Crippen LogP contribution in [0.15, 0.2) is 53.6 Å². The van der Waals surface area contributed by atoms with Crippen LogP contribution in [0.25, 0.3) is 21.8 Å². The molecule has 7 heterocycles. The normalized spacial score (nSPS) is 23.1. The van der Waals surface area contributed by atoms with Gasteiger partial charge in [-0.25, -0.2) is 22.9 Å². The van der Waals surface area contributed by atoms with Crippen molar-refractivity contribution in [2.75, 3.05) is 74.1 Å². The number of nitrogens with one attached hydrogen (secondary N) is 2. The second kappa shape index (κ2) is 16.5. The summed E-state index contributed by atoms with van der Waals surface area (Å²) in [7, 11) is 3.45. The van der Waals surface area contributed by atoms with Gasteiger partial charge in [-0.05, 0) is 81.0 Å². The molecule has 0 radical (unpaired) electrons. The lowest BCUT2D eigenvalue weighted by molar-refractivity contribution is -0.120. The number of methoxy groups -OCH3 is 1. The van der Waals surface area contributed by atoms with Gasteiger partial charge in [-0.3, -0.25) is 29.1 Å².